The SMILES string of the molecule is CNC(=O)CCNC(=O)C(C)(C)C(=O)O. The van der Waals surface area contributed by atoms with Crippen LogP contribution in [-0.2, 0) is 14.4 Å². The highest BCUT2D eigenvalue weighted by Gasteiger charge is 2.35. The summed E-state index contributed by atoms with van der Waals surface area (Å²) in [6.45, 7) is 2.75. The predicted molar refractivity (Wildman–Crippen MR) is 53.1 cm³/mol. The van der Waals surface area contributed by atoms with Crippen molar-refractivity contribution in [2.24, 2.45) is 5.41 Å². The van der Waals surface area contributed by atoms with Crippen molar-refractivity contribution in [3.05, 3.63) is 0 Å². The highest BCUT2D eigenvalue weighted by Crippen LogP contribution is 2.14. The molecule has 0 spiro atoms. The molecule has 0 aromatic rings. The van der Waals surface area contributed by atoms with Gasteiger partial charge in [0.25, 0.3) is 0 Å². The first-order valence-corrected chi connectivity index (χ1v) is 4.54. The summed E-state index contributed by atoms with van der Waals surface area (Å²) in [6, 6.07) is 0. The summed E-state index contributed by atoms with van der Waals surface area (Å²) in [4.78, 5) is 32.8. The second kappa shape index (κ2) is 5.33. The molecule has 3 N–H and O–H groups in total. The van der Waals surface area contributed by atoms with E-state index < -0.39 is 17.3 Å². The zero-order valence-corrected chi connectivity index (χ0v) is 9.09. The maximum Gasteiger partial charge on any atom is 0.318 e. The van der Waals surface area contributed by atoms with Gasteiger partial charge in [0.2, 0.25) is 11.8 Å². The highest BCUT2D eigenvalue weighted by atomic mass is 16.4. The van der Waals surface area contributed by atoms with Crippen LogP contribution in [0.3, 0.4) is 0 Å². The quantitative estimate of drug-likeness (QED) is 0.532. The number of carbonyl (C=O) groups is 3. The summed E-state index contributed by atoms with van der Waals surface area (Å²) in [5.74, 6) is -2.00. The third-order valence-electron chi connectivity index (χ3n) is 2.02. The molecule has 0 heterocycles. The monoisotopic (exact) mass is 216 g/mol. The fourth-order valence-corrected chi connectivity index (χ4v) is 0.733. The number of aliphatic carboxylic acids is 1. The Labute approximate surface area is 88.0 Å². The zero-order valence-electron chi connectivity index (χ0n) is 9.09. The van der Waals surface area contributed by atoms with Crippen molar-refractivity contribution in [1.29, 1.82) is 0 Å². The van der Waals surface area contributed by atoms with E-state index in [4.69, 9.17) is 5.11 Å². The minimum Gasteiger partial charge on any atom is -0.480 e. The first-order chi connectivity index (χ1) is 6.82. The van der Waals surface area contributed by atoms with Gasteiger partial charge in [-0.05, 0) is 13.8 Å². The fourth-order valence-electron chi connectivity index (χ4n) is 0.733. The van der Waals surface area contributed by atoms with E-state index in [0.29, 0.717) is 0 Å². The van der Waals surface area contributed by atoms with Crippen molar-refractivity contribution in [3.8, 4) is 0 Å². The van der Waals surface area contributed by atoms with Gasteiger partial charge >= 0.3 is 5.97 Å². The molecule has 0 fully saturated rings. The van der Waals surface area contributed by atoms with Gasteiger partial charge in [0.05, 0.1) is 0 Å². The molecule has 0 aromatic carbocycles. The number of carboxylic acids is 1. The van der Waals surface area contributed by atoms with Gasteiger partial charge in [-0.3, -0.25) is 14.4 Å². The van der Waals surface area contributed by atoms with Crippen LogP contribution in [0.5, 0.6) is 0 Å². The minimum absolute atomic E-state index is 0.134. The van der Waals surface area contributed by atoms with Crippen molar-refractivity contribution in [2.75, 3.05) is 13.6 Å². The van der Waals surface area contributed by atoms with Gasteiger partial charge in [0.1, 0.15) is 5.41 Å². The number of nitrogens with one attached hydrogen (secondary N) is 2. The molecule has 0 aliphatic carbocycles. The lowest BCUT2D eigenvalue weighted by molar-refractivity contribution is -0.153. The smallest absolute Gasteiger partial charge is 0.318 e. The fraction of sp³-hybridized carbons (Fsp3) is 0.667. The number of hydrogen-bond donors (Lipinski definition) is 3. The Morgan fingerprint density at radius 2 is 1.80 bits per heavy atom. The lowest BCUT2D eigenvalue weighted by atomic mass is 9.93. The van der Waals surface area contributed by atoms with Gasteiger partial charge < -0.3 is 15.7 Å². The Kier molecular flexibility index (Phi) is 4.77. The van der Waals surface area contributed by atoms with Gasteiger partial charge in [-0.2, -0.15) is 0 Å². The number of carbonyl (C=O) groups excluding carboxylic acids is 2. The second-order valence-corrected chi connectivity index (χ2v) is 3.61. The zero-order chi connectivity index (χ0) is 12.1. The molecule has 0 aromatic heterocycles. The van der Waals surface area contributed by atoms with E-state index >= 15 is 0 Å². The molecule has 0 atom stereocenters. The van der Waals surface area contributed by atoms with Gasteiger partial charge in [-0.15, -0.1) is 0 Å². The first-order valence-electron chi connectivity index (χ1n) is 4.54. The third kappa shape index (κ3) is 3.97. The Hall–Kier alpha value is -1.59. The Morgan fingerprint density at radius 3 is 2.20 bits per heavy atom. The van der Waals surface area contributed by atoms with Gasteiger partial charge in [0.15, 0.2) is 0 Å². The van der Waals surface area contributed by atoms with E-state index in [-0.39, 0.29) is 18.9 Å². The second-order valence-electron chi connectivity index (χ2n) is 3.61. The number of hydrogen-bond acceptors (Lipinski definition) is 3. The van der Waals surface area contributed by atoms with E-state index in [1.165, 1.54) is 20.9 Å². The summed E-state index contributed by atoms with van der Waals surface area (Å²) >= 11 is 0. The van der Waals surface area contributed by atoms with Crippen LogP contribution in [0.25, 0.3) is 0 Å². The van der Waals surface area contributed by atoms with Gasteiger partial charge in [-0.1, -0.05) is 0 Å². The van der Waals surface area contributed by atoms with Crippen LogP contribution >= 0.6 is 0 Å². The first kappa shape index (κ1) is 13.4. The van der Waals surface area contributed by atoms with Crippen LogP contribution in [0.4, 0.5) is 0 Å². The molecule has 0 rings (SSSR count). The molecule has 0 aliphatic heterocycles. The highest BCUT2D eigenvalue weighted by molar-refractivity contribution is 6.01. The molecular weight excluding hydrogens is 200 g/mol. The summed E-state index contributed by atoms with van der Waals surface area (Å²) < 4.78 is 0. The standard InChI is InChI=1S/C9H16N2O4/c1-9(2,8(14)15)7(13)11-5-4-6(12)10-3/h4-5H2,1-3H3,(H,10,12)(H,11,13)(H,14,15). The molecule has 6 nitrogen and oxygen atoms in total. The summed E-state index contributed by atoms with van der Waals surface area (Å²) in [7, 11) is 1.49. The molecule has 6 heteroatoms. The Balaban J connectivity index is 4.05. The van der Waals surface area contributed by atoms with Gasteiger partial charge in [0, 0.05) is 20.0 Å². The van der Waals surface area contributed by atoms with Crippen molar-refractivity contribution >= 4 is 17.8 Å². The van der Waals surface area contributed by atoms with E-state index in [9.17, 15) is 14.4 Å². The number of amides is 2. The van der Waals surface area contributed by atoms with Crippen LogP contribution in [-0.4, -0.2) is 36.5 Å². The third-order valence-corrected chi connectivity index (χ3v) is 2.02. The molecular formula is C9H16N2O4. The minimum atomic E-state index is -1.47. The van der Waals surface area contributed by atoms with Crippen molar-refractivity contribution < 1.29 is 19.5 Å². The van der Waals surface area contributed by atoms with Crippen molar-refractivity contribution in [2.45, 2.75) is 20.3 Å². The van der Waals surface area contributed by atoms with Crippen LogP contribution in [0.15, 0.2) is 0 Å². The lowest BCUT2D eigenvalue weighted by Crippen LogP contribution is -2.43. The normalized spacial score (nSPS) is 10.6. The average Bonchev–Trinajstić information content (AvgIpc) is 2.16. The van der Waals surface area contributed by atoms with Crippen LogP contribution in [0, 0.1) is 5.41 Å². The maximum atomic E-state index is 11.4. The van der Waals surface area contributed by atoms with E-state index in [2.05, 4.69) is 10.6 Å². The molecule has 0 saturated carbocycles. The molecule has 0 radical (unpaired) electrons. The maximum absolute atomic E-state index is 11.4. The number of carboxylic acid groups (broad SMARTS) is 1. The molecule has 86 valence electrons. The molecule has 0 bridgehead atoms. The summed E-state index contributed by atoms with van der Waals surface area (Å²) in [5, 5.41) is 13.5. The van der Waals surface area contributed by atoms with Crippen LogP contribution in [0.1, 0.15) is 20.3 Å². The van der Waals surface area contributed by atoms with Crippen LogP contribution < -0.4 is 10.6 Å². The Bertz CT molecular complexity index is 273. The van der Waals surface area contributed by atoms with Crippen LogP contribution in [0.2, 0.25) is 0 Å². The predicted octanol–water partition coefficient (Wildman–Crippen LogP) is -0.650. The molecule has 15 heavy (non-hydrogen) atoms. The molecule has 2 amide bonds. The van der Waals surface area contributed by atoms with E-state index in [0.717, 1.165) is 0 Å². The largest absolute Gasteiger partial charge is 0.480 e. The van der Waals surface area contributed by atoms with E-state index in [1.807, 2.05) is 0 Å². The molecule has 0 saturated heterocycles. The van der Waals surface area contributed by atoms with Crippen molar-refractivity contribution in [3.63, 3.8) is 0 Å². The van der Waals surface area contributed by atoms with Crippen molar-refractivity contribution in [1.82, 2.24) is 10.6 Å². The number of rotatable bonds is 5. The van der Waals surface area contributed by atoms with Gasteiger partial charge in [-0.25, -0.2) is 0 Å². The average molecular weight is 216 g/mol. The lowest BCUT2D eigenvalue weighted by Gasteiger charge is -2.17. The van der Waals surface area contributed by atoms with E-state index in [1.54, 1.807) is 0 Å². The molecule has 0 unspecified atom stereocenters. The topological polar surface area (TPSA) is 95.5 Å². The Morgan fingerprint density at radius 1 is 1.27 bits per heavy atom. The molecule has 0 aliphatic rings. The summed E-state index contributed by atoms with van der Waals surface area (Å²) in [5.41, 5.74) is -1.47. The summed E-state index contributed by atoms with van der Waals surface area (Å²) in [6.07, 6.45) is 0.137.